The molecule has 0 bridgehead atoms. The lowest BCUT2D eigenvalue weighted by Crippen LogP contribution is -2.46. The fourth-order valence-corrected chi connectivity index (χ4v) is 3.29. The van der Waals surface area contributed by atoms with Crippen LogP contribution in [-0.2, 0) is 0 Å². The highest BCUT2D eigenvalue weighted by molar-refractivity contribution is 5.83. The molecule has 3 heteroatoms. The first-order valence-electron chi connectivity index (χ1n) is 6.47. The van der Waals surface area contributed by atoms with Crippen LogP contribution in [0.3, 0.4) is 0 Å². The third-order valence-corrected chi connectivity index (χ3v) is 4.08. The Kier molecular flexibility index (Phi) is 2.65. The van der Waals surface area contributed by atoms with E-state index in [1.807, 2.05) is 0 Å². The minimum atomic E-state index is 0.696. The lowest BCUT2D eigenvalue weighted by atomic mass is 9.99. The van der Waals surface area contributed by atoms with Gasteiger partial charge in [-0.3, -0.25) is 9.89 Å². The first kappa shape index (κ1) is 9.64. The maximum Gasteiger partial charge on any atom is 0.0966 e. The van der Waals surface area contributed by atoms with Crippen LogP contribution in [-0.4, -0.2) is 42.5 Å². The molecular formula is C12H21N3. The van der Waals surface area contributed by atoms with Gasteiger partial charge in [0.25, 0.3) is 0 Å². The normalized spacial score (nSPS) is 36.4. The zero-order valence-electron chi connectivity index (χ0n) is 9.41. The van der Waals surface area contributed by atoms with Gasteiger partial charge >= 0.3 is 0 Å². The van der Waals surface area contributed by atoms with E-state index in [0.29, 0.717) is 6.04 Å². The van der Waals surface area contributed by atoms with E-state index in [0.717, 1.165) is 12.6 Å². The van der Waals surface area contributed by atoms with Gasteiger partial charge in [-0.05, 0) is 32.2 Å². The quantitative estimate of drug-likeness (QED) is 0.704. The van der Waals surface area contributed by atoms with Gasteiger partial charge in [-0.1, -0.05) is 6.42 Å². The van der Waals surface area contributed by atoms with E-state index in [1.54, 1.807) is 0 Å². The van der Waals surface area contributed by atoms with Crippen LogP contribution in [0, 0.1) is 0 Å². The maximum absolute atomic E-state index is 4.52. The molecule has 0 aromatic carbocycles. The summed E-state index contributed by atoms with van der Waals surface area (Å²) in [5, 5.41) is 3.69. The Balaban J connectivity index is 1.61. The minimum absolute atomic E-state index is 0.696. The molecule has 0 aliphatic carbocycles. The monoisotopic (exact) mass is 207 g/mol. The van der Waals surface area contributed by atoms with Crippen molar-refractivity contribution in [3.05, 3.63) is 0 Å². The zero-order chi connectivity index (χ0) is 10.1. The topological polar surface area (TPSA) is 27.6 Å². The molecule has 3 aliphatic rings. The second-order valence-electron chi connectivity index (χ2n) is 5.07. The van der Waals surface area contributed by atoms with Crippen LogP contribution >= 0.6 is 0 Å². The van der Waals surface area contributed by atoms with Crippen LogP contribution in [0.2, 0.25) is 0 Å². The Morgan fingerprint density at radius 2 is 2.13 bits per heavy atom. The van der Waals surface area contributed by atoms with E-state index in [-0.39, 0.29) is 0 Å². The van der Waals surface area contributed by atoms with Crippen LogP contribution in [0.15, 0.2) is 4.99 Å². The van der Waals surface area contributed by atoms with E-state index in [1.165, 1.54) is 57.5 Å². The van der Waals surface area contributed by atoms with Crippen LogP contribution < -0.4 is 5.32 Å². The molecule has 0 amide bonds. The molecule has 2 saturated heterocycles. The van der Waals surface area contributed by atoms with Gasteiger partial charge in [0.15, 0.2) is 0 Å². The number of nitrogens with zero attached hydrogens (tertiary/aromatic N) is 2. The van der Waals surface area contributed by atoms with Crippen molar-refractivity contribution < 1.29 is 0 Å². The van der Waals surface area contributed by atoms with Crippen molar-refractivity contribution in [3.63, 3.8) is 0 Å². The summed E-state index contributed by atoms with van der Waals surface area (Å²) >= 11 is 0. The molecule has 3 aliphatic heterocycles. The highest BCUT2D eigenvalue weighted by Gasteiger charge is 2.35. The first-order valence-corrected chi connectivity index (χ1v) is 6.47. The van der Waals surface area contributed by atoms with Crippen molar-refractivity contribution in [3.8, 4) is 0 Å². The molecule has 0 aromatic heterocycles. The van der Waals surface area contributed by atoms with E-state index in [4.69, 9.17) is 0 Å². The van der Waals surface area contributed by atoms with Crippen LogP contribution in [0.25, 0.3) is 0 Å². The summed E-state index contributed by atoms with van der Waals surface area (Å²) in [7, 11) is 0. The summed E-state index contributed by atoms with van der Waals surface area (Å²) in [5.41, 5.74) is 0. The molecular weight excluding hydrogens is 186 g/mol. The molecule has 0 saturated carbocycles. The van der Waals surface area contributed by atoms with Gasteiger partial charge in [-0.2, -0.15) is 0 Å². The third-order valence-electron chi connectivity index (χ3n) is 4.08. The fourth-order valence-electron chi connectivity index (χ4n) is 3.29. The number of hydrogen-bond donors (Lipinski definition) is 1. The Hall–Kier alpha value is -0.570. The maximum atomic E-state index is 4.52. The van der Waals surface area contributed by atoms with E-state index >= 15 is 0 Å². The second kappa shape index (κ2) is 4.12. The largest absolute Gasteiger partial charge is 0.369 e. The lowest BCUT2D eigenvalue weighted by Gasteiger charge is -2.32. The third kappa shape index (κ3) is 1.89. The van der Waals surface area contributed by atoms with Gasteiger partial charge in [0, 0.05) is 31.6 Å². The lowest BCUT2D eigenvalue weighted by molar-refractivity contribution is 0.185. The molecule has 84 valence electrons. The average molecular weight is 207 g/mol. The first-order chi connectivity index (χ1) is 7.43. The predicted octanol–water partition coefficient (Wildman–Crippen LogP) is 1.40. The second-order valence-corrected chi connectivity index (χ2v) is 5.07. The molecule has 0 spiro atoms. The summed E-state index contributed by atoms with van der Waals surface area (Å²) in [5.74, 6) is 1.28. The van der Waals surface area contributed by atoms with Crippen molar-refractivity contribution >= 4 is 5.84 Å². The Morgan fingerprint density at radius 3 is 3.00 bits per heavy atom. The average Bonchev–Trinajstić information content (AvgIpc) is 2.89. The number of piperidine rings is 1. The van der Waals surface area contributed by atoms with Gasteiger partial charge in [-0.25, -0.2) is 0 Å². The fraction of sp³-hybridized carbons (Fsp3) is 0.917. The molecule has 2 fully saturated rings. The van der Waals surface area contributed by atoms with E-state index in [9.17, 15) is 0 Å². The molecule has 0 radical (unpaired) electrons. The van der Waals surface area contributed by atoms with Crippen LogP contribution in [0.5, 0.6) is 0 Å². The van der Waals surface area contributed by atoms with Crippen molar-refractivity contribution in [2.75, 3.05) is 19.6 Å². The van der Waals surface area contributed by atoms with Crippen LogP contribution in [0.1, 0.15) is 38.5 Å². The Morgan fingerprint density at radius 1 is 1.13 bits per heavy atom. The molecule has 3 rings (SSSR count). The summed E-state index contributed by atoms with van der Waals surface area (Å²) < 4.78 is 0. The molecule has 3 nitrogen and oxygen atoms in total. The molecule has 15 heavy (non-hydrogen) atoms. The zero-order valence-corrected chi connectivity index (χ0v) is 9.41. The smallest absolute Gasteiger partial charge is 0.0966 e. The summed E-state index contributed by atoms with van der Waals surface area (Å²) in [4.78, 5) is 7.20. The van der Waals surface area contributed by atoms with E-state index in [2.05, 4.69) is 15.2 Å². The number of amidine groups is 1. The summed E-state index contributed by atoms with van der Waals surface area (Å²) in [6.45, 7) is 3.67. The van der Waals surface area contributed by atoms with Gasteiger partial charge in [-0.15, -0.1) is 0 Å². The Labute approximate surface area is 91.9 Å². The van der Waals surface area contributed by atoms with Crippen molar-refractivity contribution in [1.29, 1.82) is 0 Å². The number of aliphatic imine (C=N–C) groups is 1. The summed E-state index contributed by atoms with van der Waals surface area (Å²) in [6, 6.07) is 1.50. The predicted molar refractivity (Wildman–Crippen MR) is 62.3 cm³/mol. The van der Waals surface area contributed by atoms with Gasteiger partial charge in [0.05, 0.1) is 5.84 Å². The van der Waals surface area contributed by atoms with Crippen molar-refractivity contribution in [2.45, 2.75) is 50.6 Å². The molecule has 1 N–H and O–H groups in total. The number of rotatable bonds is 1. The standard InChI is InChI=1S/C12H21N3/c1-2-8-15-9-6-10(11(15)4-1)14-12-5-3-7-13-12/h10-11H,1-9H2,(H,13,14). The molecule has 0 aromatic rings. The molecule has 2 atom stereocenters. The summed E-state index contributed by atoms with van der Waals surface area (Å²) in [6.07, 6.45) is 7.98. The van der Waals surface area contributed by atoms with E-state index < -0.39 is 0 Å². The van der Waals surface area contributed by atoms with Crippen molar-refractivity contribution in [2.24, 2.45) is 4.99 Å². The van der Waals surface area contributed by atoms with Gasteiger partial charge in [0.1, 0.15) is 0 Å². The Bertz CT molecular complexity index is 262. The molecule has 2 unspecified atom stereocenters. The number of nitrogens with one attached hydrogen (secondary N) is 1. The molecule has 3 heterocycles. The highest BCUT2D eigenvalue weighted by atomic mass is 15.2. The SMILES string of the molecule is C1CN=C(NC2CCN3CCCCC23)C1. The van der Waals surface area contributed by atoms with Gasteiger partial charge in [0.2, 0.25) is 0 Å². The van der Waals surface area contributed by atoms with Gasteiger partial charge < -0.3 is 5.32 Å². The van der Waals surface area contributed by atoms with Crippen LogP contribution in [0.4, 0.5) is 0 Å². The minimum Gasteiger partial charge on any atom is -0.369 e. The number of hydrogen-bond acceptors (Lipinski definition) is 3. The number of fused-ring (bicyclic) bond motifs is 1. The highest BCUT2D eigenvalue weighted by Crippen LogP contribution is 2.27. The van der Waals surface area contributed by atoms with Crippen molar-refractivity contribution in [1.82, 2.24) is 10.2 Å².